The Labute approximate surface area is 322 Å². The smallest absolute Gasteiger partial charge is 0.164 e. The van der Waals surface area contributed by atoms with Gasteiger partial charge in [0.1, 0.15) is 5.58 Å². The van der Waals surface area contributed by atoms with E-state index in [1.165, 1.54) is 0 Å². The fourth-order valence-corrected chi connectivity index (χ4v) is 7.96. The molecule has 0 radical (unpaired) electrons. The number of nitrogens with zero attached hydrogens (tertiary/aromatic N) is 4. The minimum absolute atomic E-state index is 0.617. The second-order valence-corrected chi connectivity index (χ2v) is 14.0. The summed E-state index contributed by atoms with van der Waals surface area (Å²) < 4.78 is 9.08. The van der Waals surface area contributed by atoms with Gasteiger partial charge >= 0.3 is 0 Å². The molecule has 11 aromatic rings. The molecule has 3 heterocycles. The van der Waals surface area contributed by atoms with Crippen LogP contribution in [0.3, 0.4) is 0 Å². The summed E-state index contributed by atoms with van der Waals surface area (Å²) in [7, 11) is 0. The molecule has 0 aliphatic heterocycles. The van der Waals surface area contributed by atoms with Gasteiger partial charge in [0, 0.05) is 38.2 Å². The van der Waals surface area contributed by atoms with E-state index in [0.29, 0.717) is 17.5 Å². The molecule has 56 heavy (non-hydrogen) atoms. The minimum atomic E-state index is 0.617. The third kappa shape index (κ3) is 5.37. The van der Waals surface area contributed by atoms with Crippen molar-refractivity contribution in [1.29, 1.82) is 0 Å². The number of aromatic nitrogens is 4. The first kappa shape index (κ1) is 31.9. The van der Waals surface area contributed by atoms with Gasteiger partial charge in [0.25, 0.3) is 0 Å². The van der Waals surface area contributed by atoms with Crippen molar-refractivity contribution in [3.05, 3.63) is 194 Å². The SMILES string of the molecule is c1ccc(-c2cccc(-c3nc(-c4ccccc4)nc(-c4ccc5c(c4)c4ccccc4n5-c4cccc5c4oc4cc(-c6ccccc6)ccc45)n3)c2)cc1. The quantitative estimate of drug-likeness (QED) is 0.172. The molecule has 3 aromatic heterocycles. The zero-order chi connectivity index (χ0) is 37.0. The van der Waals surface area contributed by atoms with E-state index >= 15 is 0 Å². The van der Waals surface area contributed by atoms with E-state index in [4.69, 9.17) is 19.4 Å². The van der Waals surface area contributed by atoms with Gasteiger partial charge in [-0.25, -0.2) is 15.0 Å². The summed E-state index contributed by atoms with van der Waals surface area (Å²) in [4.78, 5) is 15.2. The highest BCUT2D eigenvalue weighted by molar-refractivity contribution is 6.13. The van der Waals surface area contributed by atoms with Crippen LogP contribution in [0.1, 0.15) is 0 Å². The maximum Gasteiger partial charge on any atom is 0.164 e. The van der Waals surface area contributed by atoms with Crippen molar-refractivity contribution in [2.45, 2.75) is 0 Å². The first-order valence-corrected chi connectivity index (χ1v) is 18.8. The van der Waals surface area contributed by atoms with E-state index in [9.17, 15) is 0 Å². The molecule has 0 unspecified atom stereocenters. The van der Waals surface area contributed by atoms with Crippen LogP contribution in [-0.4, -0.2) is 19.5 Å². The fourth-order valence-electron chi connectivity index (χ4n) is 7.96. The van der Waals surface area contributed by atoms with E-state index < -0.39 is 0 Å². The Kier molecular flexibility index (Phi) is 7.42. The van der Waals surface area contributed by atoms with Gasteiger partial charge in [0.2, 0.25) is 0 Å². The Hall–Kier alpha value is -7.63. The molecule has 0 aliphatic carbocycles. The van der Waals surface area contributed by atoms with Crippen molar-refractivity contribution in [1.82, 2.24) is 19.5 Å². The predicted molar refractivity (Wildman–Crippen MR) is 229 cm³/mol. The van der Waals surface area contributed by atoms with E-state index in [2.05, 4.69) is 156 Å². The normalized spacial score (nSPS) is 11.6. The number of benzene rings is 8. The number of hydrogen-bond donors (Lipinski definition) is 0. The van der Waals surface area contributed by atoms with Crippen LogP contribution in [0.15, 0.2) is 199 Å². The molecule has 262 valence electrons. The highest BCUT2D eigenvalue weighted by Gasteiger charge is 2.20. The number of furan rings is 1. The molecule has 0 saturated heterocycles. The molecular weight excluding hydrogens is 685 g/mol. The molecule has 0 fully saturated rings. The predicted octanol–water partition coefficient (Wildman–Crippen LogP) is 13.2. The lowest BCUT2D eigenvalue weighted by Crippen LogP contribution is -2.00. The van der Waals surface area contributed by atoms with Crippen LogP contribution < -0.4 is 0 Å². The highest BCUT2D eigenvalue weighted by atomic mass is 16.3. The van der Waals surface area contributed by atoms with Gasteiger partial charge in [-0.3, -0.25) is 0 Å². The summed E-state index contributed by atoms with van der Waals surface area (Å²) in [6.45, 7) is 0. The molecule has 0 spiro atoms. The molecule has 0 N–H and O–H groups in total. The Morgan fingerprint density at radius 3 is 1.57 bits per heavy atom. The summed E-state index contributed by atoms with van der Waals surface area (Å²) in [5.74, 6) is 1.87. The van der Waals surface area contributed by atoms with Crippen molar-refractivity contribution in [2.75, 3.05) is 0 Å². The highest BCUT2D eigenvalue weighted by Crippen LogP contribution is 2.40. The third-order valence-corrected chi connectivity index (χ3v) is 10.7. The monoisotopic (exact) mass is 716 g/mol. The Bertz CT molecular complexity index is 3240. The summed E-state index contributed by atoms with van der Waals surface area (Å²) in [6.07, 6.45) is 0. The molecule has 0 atom stereocenters. The van der Waals surface area contributed by atoms with Crippen molar-refractivity contribution in [3.8, 4) is 62.1 Å². The van der Waals surface area contributed by atoms with Crippen molar-refractivity contribution in [2.24, 2.45) is 0 Å². The van der Waals surface area contributed by atoms with Crippen LogP contribution in [0.5, 0.6) is 0 Å². The zero-order valence-corrected chi connectivity index (χ0v) is 30.2. The van der Waals surface area contributed by atoms with Crippen LogP contribution in [0.25, 0.3) is 106 Å². The Morgan fingerprint density at radius 2 is 0.839 bits per heavy atom. The van der Waals surface area contributed by atoms with Gasteiger partial charge in [0.15, 0.2) is 23.1 Å². The third-order valence-electron chi connectivity index (χ3n) is 10.7. The number of hydrogen-bond acceptors (Lipinski definition) is 4. The molecule has 11 rings (SSSR count). The molecular formula is C51H32N4O. The average Bonchev–Trinajstić information content (AvgIpc) is 3.82. The van der Waals surface area contributed by atoms with Crippen molar-refractivity contribution < 1.29 is 4.42 Å². The number of fused-ring (bicyclic) bond motifs is 6. The second-order valence-electron chi connectivity index (χ2n) is 14.0. The lowest BCUT2D eigenvalue weighted by atomic mass is 10.0. The Balaban J connectivity index is 1.08. The van der Waals surface area contributed by atoms with E-state index in [-0.39, 0.29) is 0 Å². The topological polar surface area (TPSA) is 56.7 Å². The largest absolute Gasteiger partial charge is 0.454 e. The standard InChI is InChI=1S/C51H32N4O/c1-4-14-33(15-5-1)36-20-12-21-38(30-36)50-52-49(35-18-8-3-9-19-35)53-51(54-50)39-27-29-45-43(31-39)40-22-10-11-24-44(40)55(45)46-25-13-23-42-41-28-26-37(32-47(41)56-48(42)46)34-16-6-2-7-17-34/h1-32H. The first-order chi connectivity index (χ1) is 27.7. The molecule has 0 aliphatic rings. The van der Waals surface area contributed by atoms with Gasteiger partial charge < -0.3 is 8.98 Å². The molecule has 0 amide bonds. The summed E-state index contributed by atoms with van der Waals surface area (Å²) >= 11 is 0. The van der Waals surface area contributed by atoms with Crippen molar-refractivity contribution >= 4 is 43.7 Å². The van der Waals surface area contributed by atoms with E-state index in [1.807, 2.05) is 42.5 Å². The molecule has 0 saturated carbocycles. The van der Waals surface area contributed by atoms with E-state index in [1.54, 1.807) is 0 Å². The summed E-state index contributed by atoms with van der Waals surface area (Å²) in [6, 6.07) is 67.4. The van der Waals surface area contributed by atoms with Crippen LogP contribution in [0.2, 0.25) is 0 Å². The first-order valence-electron chi connectivity index (χ1n) is 18.8. The van der Waals surface area contributed by atoms with Gasteiger partial charge in [-0.15, -0.1) is 0 Å². The molecule has 5 heteroatoms. The van der Waals surface area contributed by atoms with Crippen LogP contribution in [0.4, 0.5) is 0 Å². The molecule has 0 bridgehead atoms. The fraction of sp³-hybridized carbons (Fsp3) is 0. The second kappa shape index (κ2) is 13.0. The van der Waals surface area contributed by atoms with Gasteiger partial charge in [-0.1, -0.05) is 146 Å². The van der Waals surface area contributed by atoms with E-state index in [0.717, 1.165) is 88.4 Å². The van der Waals surface area contributed by atoms with Gasteiger partial charge in [0.05, 0.1) is 16.7 Å². The zero-order valence-electron chi connectivity index (χ0n) is 30.2. The maximum absolute atomic E-state index is 6.76. The van der Waals surface area contributed by atoms with Crippen molar-refractivity contribution in [3.63, 3.8) is 0 Å². The number of rotatable bonds is 6. The summed E-state index contributed by atoms with van der Waals surface area (Å²) in [5.41, 5.74) is 12.2. The summed E-state index contributed by atoms with van der Waals surface area (Å²) in [5, 5.41) is 4.42. The lowest BCUT2D eigenvalue weighted by Gasteiger charge is -2.11. The van der Waals surface area contributed by atoms with Gasteiger partial charge in [-0.05, 0) is 70.8 Å². The van der Waals surface area contributed by atoms with Gasteiger partial charge in [-0.2, -0.15) is 0 Å². The maximum atomic E-state index is 6.76. The molecule has 5 nitrogen and oxygen atoms in total. The average molecular weight is 717 g/mol. The number of para-hydroxylation sites is 2. The lowest BCUT2D eigenvalue weighted by molar-refractivity contribution is 0.666. The Morgan fingerprint density at radius 1 is 0.321 bits per heavy atom. The van der Waals surface area contributed by atoms with Crippen LogP contribution in [0, 0.1) is 0 Å². The van der Waals surface area contributed by atoms with Crippen LogP contribution >= 0.6 is 0 Å². The van der Waals surface area contributed by atoms with Crippen LogP contribution in [-0.2, 0) is 0 Å². The minimum Gasteiger partial charge on any atom is -0.454 e. The molecule has 8 aromatic carbocycles.